The zero-order valence-corrected chi connectivity index (χ0v) is 13.8. The highest BCUT2D eigenvalue weighted by Crippen LogP contribution is 2.20. The Kier molecular flexibility index (Phi) is 5.48. The first kappa shape index (κ1) is 16.9. The molecule has 1 N–H and O–H groups in total. The second-order valence-electron chi connectivity index (χ2n) is 6.50. The molecule has 0 aromatic heterocycles. The third kappa shape index (κ3) is 4.13. The lowest BCUT2D eigenvalue weighted by Gasteiger charge is -2.33. The van der Waals surface area contributed by atoms with Gasteiger partial charge in [-0.25, -0.2) is 4.79 Å². The number of morpholine rings is 1. The minimum Gasteiger partial charge on any atom is -0.480 e. The molecule has 0 saturated carbocycles. The highest BCUT2D eigenvalue weighted by atomic mass is 16.5. The van der Waals surface area contributed by atoms with Gasteiger partial charge in [-0.2, -0.15) is 0 Å². The Morgan fingerprint density at radius 3 is 2.75 bits per heavy atom. The average molecular weight is 332 g/mol. The average Bonchev–Trinajstić information content (AvgIpc) is 3.06. The van der Waals surface area contributed by atoms with E-state index in [0.717, 1.165) is 19.5 Å². The predicted molar refractivity (Wildman–Crippen MR) is 88.4 cm³/mol. The Labute approximate surface area is 142 Å². The van der Waals surface area contributed by atoms with E-state index in [1.54, 1.807) is 0 Å². The number of carboxylic acid groups (broad SMARTS) is 1. The number of likely N-dealkylation sites (tertiary alicyclic amines) is 1. The van der Waals surface area contributed by atoms with Crippen molar-refractivity contribution >= 4 is 11.9 Å². The molecule has 0 aliphatic carbocycles. The van der Waals surface area contributed by atoms with Crippen molar-refractivity contribution in [3.05, 3.63) is 35.9 Å². The molecule has 2 fully saturated rings. The Hall–Kier alpha value is -1.92. The summed E-state index contributed by atoms with van der Waals surface area (Å²) in [5.74, 6) is -1.01. The lowest BCUT2D eigenvalue weighted by atomic mass is 10.1. The van der Waals surface area contributed by atoms with Gasteiger partial charge in [0.05, 0.1) is 19.1 Å². The first-order valence-electron chi connectivity index (χ1n) is 8.53. The smallest absolute Gasteiger partial charge is 0.326 e. The summed E-state index contributed by atoms with van der Waals surface area (Å²) in [4.78, 5) is 27.5. The van der Waals surface area contributed by atoms with Crippen LogP contribution in [0.5, 0.6) is 0 Å². The van der Waals surface area contributed by atoms with Crippen molar-refractivity contribution < 1.29 is 19.4 Å². The zero-order chi connectivity index (χ0) is 16.9. The number of carbonyl (C=O) groups excluding carboxylic acids is 1. The molecule has 0 spiro atoms. The Morgan fingerprint density at radius 1 is 1.21 bits per heavy atom. The molecule has 2 atom stereocenters. The number of ether oxygens (including phenoxy) is 1. The molecule has 6 nitrogen and oxygen atoms in total. The molecular formula is C18H24N2O4. The summed E-state index contributed by atoms with van der Waals surface area (Å²) in [6, 6.07) is 9.57. The van der Waals surface area contributed by atoms with Crippen LogP contribution >= 0.6 is 0 Å². The fourth-order valence-electron chi connectivity index (χ4n) is 3.52. The number of hydrogen-bond acceptors (Lipinski definition) is 4. The molecule has 2 saturated heterocycles. The molecule has 2 heterocycles. The van der Waals surface area contributed by atoms with Crippen molar-refractivity contribution in [2.45, 2.75) is 38.0 Å². The van der Waals surface area contributed by atoms with Crippen LogP contribution < -0.4 is 0 Å². The third-order valence-corrected chi connectivity index (χ3v) is 4.73. The Bertz CT molecular complexity index is 578. The van der Waals surface area contributed by atoms with Gasteiger partial charge in [-0.15, -0.1) is 0 Å². The molecule has 1 unspecified atom stereocenters. The Morgan fingerprint density at radius 2 is 2.00 bits per heavy atom. The molecule has 130 valence electrons. The van der Waals surface area contributed by atoms with Gasteiger partial charge in [0, 0.05) is 26.2 Å². The van der Waals surface area contributed by atoms with Crippen molar-refractivity contribution in [2.24, 2.45) is 0 Å². The molecule has 3 rings (SSSR count). The van der Waals surface area contributed by atoms with Crippen LogP contribution in [-0.4, -0.2) is 65.2 Å². The van der Waals surface area contributed by atoms with Gasteiger partial charge in [0.1, 0.15) is 6.04 Å². The van der Waals surface area contributed by atoms with Gasteiger partial charge >= 0.3 is 5.97 Å². The van der Waals surface area contributed by atoms with E-state index < -0.39 is 12.0 Å². The van der Waals surface area contributed by atoms with Crippen LogP contribution in [0.4, 0.5) is 0 Å². The Balaban J connectivity index is 1.53. The summed E-state index contributed by atoms with van der Waals surface area (Å²) in [5.41, 5.74) is 1.25. The van der Waals surface area contributed by atoms with E-state index in [-0.39, 0.29) is 18.4 Å². The highest BCUT2D eigenvalue weighted by Gasteiger charge is 2.35. The molecule has 1 amide bonds. The summed E-state index contributed by atoms with van der Waals surface area (Å²) in [6.07, 6.45) is 1.40. The SMILES string of the molecule is O=C(O)[C@@H]1CCCN1C(=O)CC1CN(Cc2ccccc2)CCO1. The summed E-state index contributed by atoms with van der Waals surface area (Å²) in [7, 11) is 0. The number of rotatable bonds is 5. The van der Waals surface area contributed by atoms with Gasteiger partial charge in [-0.05, 0) is 18.4 Å². The second kappa shape index (κ2) is 7.77. The van der Waals surface area contributed by atoms with Gasteiger partial charge in [-0.1, -0.05) is 30.3 Å². The molecule has 2 aliphatic heterocycles. The quantitative estimate of drug-likeness (QED) is 0.881. The molecule has 24 heavy (non-hydrogen) atoms. The van der Waals surface area contributed by atoms with E-state index in [2.05, 4.69) is 17.0 Å². The van der Waals surface area contributed by atoms with Crippen LogP contribution in [0.25, 0.3) is 0 Å². The normalized spacial score (nSPS) is 24.9. The molecule has 2 aliphatic rings. The van der Waals surface area contributed by atoms with Gasteiger partial charge < -0.3 is 14.7 Å². The van der Waals surface area contributed by atoms with E-state index in [9.17, 15) is 14.7 Å². The second-order valence-corrected chi connectivity index (χ2v) is 6.50. The standard InChI is InChI=1S/C18H24N2O4/c21-17(20-8-4-7-16(20)18(22)23)11-15-13-19(9-10-24-15)12-14-5-2-1-3-6-14/h1-3,5-6,15-16H,4,7-13H2,(H,22,23)/t15?,16-/m0/s1. The van der Waals surface area contributed by atoms with Crippen LogP contribution in [0.1, 0.15) is 24.8 Å². The largest absolute Gasteiger partial charge is 0.480 e. The third-order valence-electron chi connectivity index (χ3n) is 4.73. The van der Waals surface area contributed by atoms with Gasteiger partial charge in [0.25, 0.3) is 0 Å². The van der Waals surface area contributed by atoms with Crippen molar-refractivity contribution in [2.75, 3.05) is 26.2 Å². The first-order chi connectivity index (χ1) is 11.6. The number of nitrogens with zero attached hydrogens (tertiary/aromatic N) is 2. The minimum atomic E-state index is -0.906. The summed E-state index contributed by atoms with van der Waals surface area (Å²) in [5, 5.41) is 9.21. The molecule has 6 heteroatoms. The lowest BCUT2D eigenvalue weighted by Crippen LogP contribution is -2.46. The molecule has 1 aromatic rings. The van der Waals surface area contributed by atoms with E-state index in [4.69, 9.17) is 4.74 Å². The van der Waals surface area contributed by atoms with Crippen molar-refractivity contribution in [1.29, 1.82) is 0 Å². The van der Waals surface area contributed by atoms with Gasteiger partial charge in [0.15, 0.2) is 0 Å². The van der Waals surface area contributed by atoms with E-state index in [1.807, 2.05) is 18.2 Å². The van der Waals surface area contributed by atoms with Crippen LogP contribution in [0.3, 0.4) is 0 Å². The van der Waals surface area contributed by atoms with E-state index in [1.165, 1.54) is 10.5 Å². The predicted octanol–water partition coefficient (Wildman–Crippen LogP) is 1.35. The first-order valence-corrected chi connectivity index (χ1v) is 8.53. The van der Waals surface area contributed by atoms with E-state index in [0.29, 0.717) is 26.1 Å². The van der Waals surface area contributed by atoms with Crippen molar-refractivity contribution in [3.63, 3.8) is 0 Å². The minimum absolute atomic E-state index is 0.105. The van der Waals surface area contributed by atoms with Crippen LogP contribution in [0, 0.1) is 0 Å². The summed E-state index contributed by atoms with van der Waals surface area (Å²) >= 11 is 0. The summed E-state index contributed by atoms with van der Waals surface area (Å²) in [6.45, 7) is 3.53. The molecule has 1 aromatic carbocycles. The lowest BCUT2D eigenvalue weighted by molar-refractivity contribution is -0.150. The number of carbonyl (C=O) groups is 2. The monoisotopic (exact) mass is 332 g/mol. The van der Waals surface area contributed by atoms with Gasteiger partial charge in [-0.3, -0.25) is 9.69 Å². The van der Waals surface area contributed by atoms with Crippen LogP contribution in [0.2, 0.25) is 0 Å². The van der Waals surface area contributed by atoms with Crippen LogP contribution in [0.15, 0.2) is 30.3 Å². The van der Waals surface area contributed by atoms with Crippen LogP contribution in [-0.2, 0) is 20.9 Å². The number of amides is 1. The van der Waals surface area contributed by atoms with Gasteiger partial charge in [0.2, 0.25) is 5.91 Å². The maximum Gasteiger partial charge on any atom is 0.326 e. The number of benzene rings is 1. The zero-order valence-electron chi connectivity index (χ0n) is 13.8. The number of aliphatic carboxylic acids is 1. The molecule has 0 bridgehead atoms. The fourth-order valence-corrected chi connectivity index (χ4v) is 3.52. The number of carboxylic acids is 1. The van der Waals surface area contributed by atoms with Crippen molar-refractivity contribution in [1.82, 2.24) is 9.80 Å². The molecular weight excluding hydrogens is 308 g/mol. The maximum atomic E-state index is 12.5. The fraction of sp³-hybridized carbons (Fsp3) is 0.556. The summed E-state index contributed by atoms with van der Waals surface area (Å²) < 4.78 is 5.74. The number of hydrogen-bond donors (Lipinski definition) is 1. The highest BCUT2D eigenvalue weighted by molar-refractivity contribution is 5.84. The maximum absolute atomic E-state index is 12.5. The topological polar surface area (TPSA) is 70.1 Å². The van der Waals surface area contributed by atoms with Crippen molar-refractivity contribution in [3.8, 4) is 0 Å². The van der Waals surface area contributed by atoms with E-state index >= 15 is 0 Å². The molecule has 0 radical (unpaired) electrons.